The van der Waals surface area contributed by atoms with E-state index in [1.807, 2.05) is 35.8 Å². The molecule has 0 spiro atoms. The van der Waals surface area contributed by atoms with Gasteiger partial charge in [-0.05, 0) is 66.1 Å². The molecule has 0 heterocycles. The van der Waals surface area contributed by atoms with Crippen molar-refractivity contribution in [3.8, 4) is 0 Å². The maximum absolute atomic E-state index is 12.9. The first-order chi connectivity index (χ1) is 13.1. The highest BCUT2D eigenvalue weighted by Crippen LogP contribution is 2.31. The zero-order valence-corrected chi connectivity index (χ0v) is 18.0. The van der Waals surface area contributed by atoms with Gasteiger partial charge in [-0.1, -0.05) is 12.1 Å². The van der Waals surface area contributed by atoms with Crippen LogP contribution in [0.15, 0.2) is 42.5 Å². The Hall–Kier alpha value is -1.75. The third-order valence-electron chi connectivity index (χ3n) is 3.73. The standard InChI is InChI=1S/C19H18F3IN2O2S/c1-11(10-28-2)24-18(27)16-14(7-4-8-15(16)23)17(26)25-13-6-3-5-12(9-13)19(20,21)22/h3-9,11H,10H2,1-2H3,(H,24,27)(H,25,26)/t11-/m0/s1. The quantitative estimate of drug-likeness (QED) is 0.523. The number of anilines is 1. The van der Waals surface area contributed by atoms with E-state index in [0.29, 0.717) is 9.32 Å². The van der Waals surface area contributed by atoms with E-state index < -0.39 is 23.6 Å². The fourth-order valence-electron chi connectivity index (χ4n) is 2.50. The molecule has 0 unspecified atom stereocenters. The van der Waals surface area contributed by atoms with E-state index in [9.17, 15) is 22.8 Å². The smallest absolute Gasteiger partial charge is 0.349 e. The van der Waals surface area contributed by atoms with E-state index in [2.05, 4.69) is 10.6 Å². The molecule has 0 aliphatic heterocycles. The molecule has 0 aromatic heterocycles. The average Bonchev–Trinajstić information content (AvgIpc) is 2.61. The normalized spacial score (nSPS) is 12.4. The monoisotopic (exact) mass is 522 g/mol. The third kappa shape index (κ3) is 5.87. The van der Waals surface area contributed by atoms with Gasteiger partial charge < -0.3 is 10.6 Å². The highest BCUT2D eigenvalue weighted by atomic mass is 127. The molecule has 2 aromatic carbocycles. The summed E-state index contributed by atoms with van der Waals surface area (Å²) in [4.78, 5) is 25.3. The molecule has 0 fully saturated rings. The van der Waals surface area contributed by atoms with E-state index in [0.717, 1.165) is 12.1 Å². The van der Waals surface area contributed by atoms with E-state index in [1.54, 1.807) is 23.9 Å². The maximum Gasteiger partial charge on any atom is 0.416 e. The zero-order valence-electron chi connectivity index (χ0n) is 15.1. The second-order valence-corrected chi connectivity index (χ2v) is 8.10. The summed E-state index contributed by atoms with van der Waals surface area (Å²) in [5.41, 5.74) is -0.573. The van der Waals surface area contributed by atoms with Crippen molar-refractivity contribution >= 4 is 51.9 Å². The third-order valence-corrected chi connectivity index (χ3v) is 5.46. The Kier molecular flexibility index (Phi) is 7.76. The molecule has 150 valence electrons. The van der Waals surface area contributed by atoms with Crippen molar-refractivity contribution in [3.63, 3.8) is 0 Å². The second kappa shape index (κ2) is 9.64. The number of amides is 2. The first kappa shape index (κ1) is 22.5. The minimum atomic E-state index is -4.51. The van der Waals surface area contributed by atoms with Crippen molar-refractivity contribution < 1.29 is 22.8 Å². The van der Waals surface area contributed by atoms with Gasteiger partial charge in [0.25, 0.3) is 11.8 Å². The fourth-order valence-corrected chi connectivity index (χ4v) is 3.83. The molecule has 1 atom stereocenters. The van der Waals surface area contributed by atoms with Gasteiger partial charge >= 0.3 is 6.18 Å². The number of alkyl halides is 3. The van der Waals surface area contributed by atoms with Gasteiger partial charge in [-0.3, -0.25) is 9.59 Å². The summed E-state index contributed by atoms with van der Waals surface area (Å²) in [6, 6.07) is 9.03. The van der Waals surface area contributed by atoms with Crippen LogP contribution in [-0.4, -0.2) is 29.9 Å². The summed E-state index contributed by atoms with van der Waals surface area (Å²) in [6.45, 7) is 1.85. The molecule has 28 heavy (non-hydrogen) atoms. The summed E-state index contributed by atoms with van der Waals surface area (Å²) in [7, 11) is 0. The second-order valence-electron chi connectivity index (χ2n) is 6.02. The largest absolute Gasteiger partial charge is 0.416 e. The molecule has 2 N–H and O–H groups in total. The van der Waals surface area contributed by atoms with Crippen LogP contribution in [-0.2, 0) is 6.18 Å². The Bertz CT molecular complexity index is 874. The number of nitrogens with one attached hydrogen (secondary N) is 2. The van der Waals surface area contributed by atoms with Crippen LogP contribution in [0.4, 0.5) is 18.9 Å². The van der Waals surface area contributed by atoms with Gasteiger partial charge in [-0.25, -0.2) is 0 Å². The molecular formula is C19H18F3IN2O2S. The SMILES string of the molecule is CSC[C@H](C)NC(=O)c1c(I)cccc1C(=O)Nc1cccc(C(F)(F)F)c1. The Labute approximate surface area is 178 Å². The van der Waals surface area contributed by atoms with E-state index in [-0.39, 0.29) is 22.9 Å². The minimum absolute atomic E-state index is 0.000737. The molecule has 0 aliphatic carbocycles. The van der Waals surface area contributed by atoms with Gasteiger partial charge in [-0.2, -0.15) is 24.9 Å². The first-order valence-electron chi connectivity index (χ1n) is 8.20. The average molecular weight is 522 g/mol. The Balaban J connectivity index is 2.29. The van der Waals surface area contributed by atoms with Gasteiger partial charge in [0.1, 0.15) is 0 Å². The summed E-state index contributed by atoms with van der Waals surface area (Å²) in [5.74, 6) is -0.345. The van der Waals surface area contributed by atoms with Crippen LogP contribution < -0.4 is 10.6 Å². The number of carbonyl (C=O) groups is 2. The predicted octanol–water partition coefficient (Wildman–Crippen LogP) is 5.04. The van der Waals surface area contributed by atoms with Crippen molar-refractivity contribution in [3.05, 3.63) is 62.7 Å². The van der Waals surface area contributed by atoms with Gasteiger partial charge in [0, 0.05) is 21.1 Å². The summed E-state index contributed by atoms with van der Waals surface area (Å²) in [5, 5.41) is 5.28. The van der Waals surface area contributed by atoms with Crippen molar-refractivity contribution in [2.75, 3.05) is 17.3 Å². The molecule has 2 rings (SSSR count). The van der Waals surface area contributed by atoms with Crippen LogP contribution in [0.25, 0.3) is 0 Å². The summed E-state index contributed by atoms with van der Waals surface area (Å²) in [6.07, 6.45) is -2.59. The summed E-state index contributed by atoms with van der Waals surface area (Å²) >= 11 is 3.53. The Morgan fingerprint density at radius 2 is 1.82 bits per heavy atom. The number of rotatable bonds is 6. The van der Waals surface area contributed by atoms with Gasteiger partial charge in [0.05, 0.1) is 16.7 Å². The molecule has 9 heteroatoms. The van der Waals surface area contributed by atoms with Crippen molar-refractivity contribution in [1.82, 2.24) is 5.32 Å². The number of hydrogen-bond donors (Lipinski definition) is 2. The highest BCUT2D eigenvalue weighted by Gasteiger charge is 2.30. The maximum atomic E-state index is 12.9. The molecule has 0 saturated heterocycles. The number of benzene rings is 2. The molecule has 4 nitrogen and oxygen atoms in total. The van der Waals surface area contributed by atoms with Crippen molar-refractivity contribution in [1.29, 1.82) is 0 Å². The lowest BCUT2D eigenvalue weighted by Gasteiger charge is -2.16. The lowest BCUT2D eigenvalue weighted by atomic mass is 10.1. The molecular weight excluding hydrogens is 504 g/mol. The Morgan fingerprint density at radius 1 is 1.14 bits per heavy atom. The van der Waals surface area contributed by atoms with Gasteiger partial charge in [0.15, 0.2) is 0 Å². The van der Waals surface area contributed by atoms with Gasteiger partial charge in [-0.15, -0.1) is 0 Å². The highest BCUT2D eigenvalue weighted by molar-refractivity contribution is 14.1. The number of carbonyl (C=O) groups excluding carboxylic acids is 2. The molecule has 0 saturated carbocycles. The number of hydrogen-bond acceptors (Lipinski definition) is 3. The fraction of sp³-hybridized carbons (Fsp3) is 0.263. The van der Waals surface area contributed by atoms with Crippen LogP contribution >= 0.6 is 34.4 Å². The number of thioether (sulfide) groups is 1. The molecule has 0 radical (unpaired) electrons. The Morgan fingerprint density at radius 3 is 2.46 bits per heavy atom. The molecule has 0 aliphatic rings. The van der Waals surface area contributed by atoms with Crippen LogP contribution in [0, 0.1) is 3.57 Å². The molecule has 0 bridgehead atoms. The first-order valence-corrected chi connectivity index (χ1v) is 10.7. The van der Waals surface area contributed by atoms with E-state index in [4.69, 9.17) is 0 Å². The van der Waals surface area contributed by atoms with Crippen LogP contribution in [0.1, 0.15) is 33.2 Å². The minimum Gasteiger partial charge on any atom is -0.349 e. The zero-order chi connectivity index (χ0) is 20.9. The van der Waals surface area contributed by atoms with E-state index in [1.165, 1.54) is 18.2 Å². The lowest BCUT2D eigenvalue weighted by molar-refractivity contribution is -0.137. The predicted molar refractivity (Wildman–Crippen MR) is 114 cm³/mol. The van der Waals surface area contributed by atoms with Gasteiger partial charge in [0.2, 0.25) is 0 Å². The number of halogens is 4. The molecule has 2 aromatic rings. The van der Waals surface area contributed by atoms with E-state index >= 15 is 0 Å². The lowest BCUT2D eigenvalue weighted by Crippen LogP contribution is -2.36. The van der Waals surface area contributed by atoms with Crippen molar-refractivity contribution in [2.24, 2.45) is 0 Å². The van der Waals surface area contributed by atoms with Crippen LogP contribution in [0.3, 0.4) is 0 Å². The topological polar surface area (TPSA) is 58.2 Å². The summed E-state index contributed by atoms with van der Waals surface area (Å²) < 4.78 is 39.2. The van der Waals surface area contributed by atoms with Crippen LogP contribution in [0.5, 0.6) is 0 Å². The molecule has 2 amide bonds. The van der Waals surface area contributed by atoms with Crippen LogP contribution in [0.2, 0.25) is 0 Å². The van der Waals surface area contributed by atoms with Crippen molar-refractivity contribution in [2.45, 2.75) is 19.1 Å².